The van der Waals surface area contributed by atoms with E-state index in [-0.39, 0.29) is 11.8 Å². The van der Waals surface area contributed by atoms with Crippen molar-refractivity contribution in [2.75, 3.05) is 16.8 Å². The van der Waals surface area contributed by atoms with E-state index in [9.17, 15) is 9.59 Å². The van der Waals surface area contributed by atoms with Gasteiger partial charge in [-0.15, -0.1) is 0 Å². The molecule has 27 heavy (non-hydrogen) atoms. The normalized spacial score (nSPS) is 15.0. The van der Waals surface area contributed by atoms with Crippen LogP contribution in [-0.2, 0) is 9.59 Å². The fourth-order valence-electron chi connectivity index (χ4n) is 3.26. The number of nitrogens with one attached hydrogen (secondary N) is 1. The minimum absolute atomic E-state index is 0.151. The molecule has 0 aliphatic carbocycles. The molecule has 1 unspecified atom stereocenters. The maximum absolute atomic E-state index is 12.5. The first-order valence-electron chi connectivity index (χ1n) is 9.31. The van der Waals surface area contributed by atoms with Crippen molar-refractivity contribution in [3.63, 3.8) is 0 Å². The van der Waals surface area contributed by atoms with Crippen molar-refractivity contribution in [3.8, 4) is 5.75 Å². The Bertz CT molecular complexity index is 859. The van der Waals surface area contributed by atoms with E-state index >= 15 is 0 Å². The van der Waals surface area contributed by atoms with E-state index < -0.39 is 6.10 Å². The summed E-state index contributed by atoms with van der Waals surface area (Å²) < 4.78 is 5.89. The fourth-order valence-corrected chi connectivity index (χ4v) is 3.26. The van der Waals surface area contributed by atoms with Crippen LogP contribution in [0.4, 0.5) is 11.4 Å². The van der Waals surface area contributed by atoms with Gasteiger partial charge in [-0.1, -0.05) is 6.07 Å². The van der Waals surface area contributed by atoms with Gasteiger partial charge in [0.15, 0.2) is 6.10 Å². The zero-order valence-electron chi connectivity index (χ0n) is 16.3. The molecule has 1 atom stereocenters. The van der Waals surface area contributed by atoms with Crippen molar-refractivity contribution in [1.29, 1.82) is 0 Å². The minimum atomic E-state index is -0.621. The van der Waals surface area contributed by atoms with Gasteiger partial charge in [-0.2, -0.15) is 0 Å². The molecular formula is C22H26N2O3. The zero-order valence-corrected chi connectivity index (χ0v) is 16.3. The highest BCUT2D eigenvalue weighted by Crippen LogP contribution is 2.25. The van der Waals surface area contributed by atoms with E-state index in [4.69, 9.17) is 4.74 Å². The Balaban J connectivity index is 1.64. The summed E-state index contributed by atoms with van der Waals surface area (Å²) in [5.41, 5.74) is 4.84. The van der Waals surface area contributed by atoms with Gasteiger partial charge >= 0.3 is 0 Å². The maximum atomic E-state index is 12.5. The van der Waals surface area contributed by atoms with E-state index in [0.29, 0.717) is 12.1 Å². The summed E-state index contributed by atoms with van der Waals surface area (Å²) in [6.45, 7) is 8.53. The van der Waals surface area contributed by atoms with Gasteiger partial charge in [-0.05, 0) is 81.1 Å². The average molecular weight is 366 g/mol. The van der Waals surface area contributed by atoms with Gasteiger partial charge in [0.25, 0.3) is 5.91 Å². The highest BCUT2D eigenvalue weighted by atomic mass is 16.5. The van der Waals surface area contributed by atoms with Crippen LogP contribution in [0, 0.1) is 20.8 Å². The summed E-state index contributed by atoms with van der Waals surface area (Å²) in [6.07, 6.45) is 0.875. The van der Waals surface area contributed by atoms with E-state index in [1.807, 2.05) is 51.1 Å². The van der Waals surface area contributed by atoms with E-state index in [1.165, 1.54) is 0 Å². The van der Waals surface area contributed by atoms with Crippen LogP contribution in [0.5, 0.6) is 5.75 Å². The minimum Gasteiger partial charge on any atom is -0.481 e. The Hall–Kier alpha value is -2.82. The molecule has 1 N–H and O–H groups in total. The van der Waals surface area contributed by atoms with Gasteiger partial charge < -0.3 is 15.0 Å². The average Bonchev–Trinajstić information content (AvgIpc) is 3.05. The van der Waals surface area contributed by atoms with Crippen molar-refractivity contribution in [3.05, 3.63) is 53.1 Å². The molecule has 2 amide bonds. The molecule has 5 nitrogen and oxygen atoms in total. The smallest absolute Gasteiger partial charge is 0.265 e. The van der Waals surface area contributed by atoms with Gasteiger partial charge in [-0.25, -0.2) is 0 Å². The van der Waals surface area contributed by atoms with Gasteiger partial charge in [0, 0.05) is 24.3 Å². The molecule has 142 valence electrons. The van der Waals surface area contributed by atoms with Crippen LogP contribution in [-0.4, -0.2) is 24.5 Å². The van der Waals surface area contributed by atoms with Gasteiger partial charge in [-0.3, -0.25) is 9.59 Å². The number of anilines is 2. The molecule has 1 heterocycles. The predicted octanol–water partition coefficient (Wildman–Crippen LogP) is 4.14. The number of carbonyl (C=O) groups is 2. The lowest BCUT2D eigenvalue weighted by atomic mass is 10.1. The number of nitrogens with zero attached hydrogens (tertiary/aromatic N) is 1. The number of benzene rings is 2. The molecule has 1 fully saturated rings. The Morgan fingerprint density at radius 2 is 1.85 bits per heavy atom. The highest BCUT2D eigenvalue weighted by molar-refractivity contribution is 5.96. The Morgan fingerprint density at radius 1 is 1.15 bits per heavy atom. The number of carbonyl (C=O) groups excluding carboxylic acids is 2. The van der Waals surface area contributed by atoms with Gasteiger partial charge in [0.1, 0.15) is 5.75 Å². The van der Waals surface area contributed by atoms with Crippen molar-refractivity contribution < 1.29 is 14.3 Å². The number of hydrogen-bond donors (Lipinski definition) is 1. The van der Waals surface area contributed by atoms with Crippen LogP contribution in [0.25, 0.3) is 0 Å². The van der Waals surface area contributed by atoms with Crippen LogP contribution in [0.1, 0.15) is 36.5 Å². The first-order chi connectivity index (χ1) is 12.8. The standard InChI is InChI=1S/C22H26N2O3/c1-14-12-15(2)16(3)20(13-14)27-17(4)22(26)23-18-7-9-19(10-8-18)24-11-5-6-21(24)25/h7-10,12-13,17H,5-6,11H2,1-4H3,(H,23,26). The van der Waals surface area contributed by atoms with Crippen LogP contribution >= 0.6 is 0 Å². The Labute approximate surface area is 160 Å². The second-order valence-electron chi connectivity index (χ2n) is 7.15. The number of ether oxygens (including phenoxy) is 1. The monoisotopic (exact) mass is 366 g/mol. The van der Waals surface area contributed by atoms with Crippen LogP contribution < -0.4 is 15.0 Å². The summed E-state index contributed by atoms with van der Waals surface area (Å²) in [5.74, 6) is 0.675. The quantitative estimate of drug-likeness (QED) is 0.865. The summed E-state index contributed by atoms with van der Waals surface area (Å²) in [4.78, 5) is 26.1. The largest absolute Gasteiger partial charge is 0.481 e. The number of amides is 2. The lowest BCUT2D eigenvalue weighted by molar-refractivity contribution is -0.122. The van der Waals surface area contributed by atoms with E-state index in [1.54, 1.807) is 11.8 Å². The SMILES string of the molecule is Cc1cc(C)c(C)c(OC(C)C(=O)Nc2ccc(N3CCCC3=O)cc2)c1. The third-order valence-corrected chi connectivity index (χ3v) is 4.96. The van der Waals surface area contributed by atoms with Crippen molar-refractivity contribution in [1.82, 2.24) is 0 Å². The van der Waals surface area contributed by atoms with Crippen molar-refractivity contribution in [2.45, 2.75) is 46.6 Å². The number of rotatable bonds is 5. The molecular weight excluding hydrogens is 340 g/mol. The molecule has 1 saturated heterocycles. The second-order valence-corrected chi connectivity index (χ2v) is 7.15. The zero-order chi connectivity index (χ0) is 19.6. The van der Waals surface area contributed by atoms with E-state index in [2.05, 4.69) is 11.4 Å². The molecule has 5 heteroatoms. The molecule has 0 saturated carbocycles. The van der Waals surface area contributed by atoms with Crippen molar-refractivity contribution >= 4 is 23.2 Å². The maximum Gasteiger partial charge on any atom is 0.265 e. The third kappa shape index (κ3) is 4.30. The molecule has 3 rings (SSSR count). The third-order valence-electron chi connectivity index (χ3n) is 4.96. The molecule has 2 aromatic rings. The molecule has 0 spiro atoms. The lowest BCUT2D eigenvalue weighted by Crippen LogP contribution is -2.30. The van der Waals surface area contributed by atoms with E-state index in [0.717, 1.165) is 41.1 Å². The number of hydrogen-bond acceptors (Lipinski definition) is 3. The summed E-state index contributed by atoms with van der Waals surface area (Å²) in [5, 5.41) is 2.87. The predicted molar refractivity (Wildman–Crippen MR) is 107 cm³/mol. The van der Waals surface area contributed by atoms with Crippen LogP contribution in [0.15, 0.2) is 36.4 Å². The second kappa shape index (κ2) is 7.82. The molecule has 0 radical (unpaired) electrons. The first-order valence-corrected chi connectivity index (χ1v) is 9.31. The van der Waals surface area contributed by atoms with Crippen LogP contribution in [0.2, 0.25) is 0 Å². The molecule has 1 aliphatic rings. The van der Waals surface area contributed by atoms with Crippen molar-refractivity contribution in [2.24, 2.45) is 0 Å². The van der Waals surface area contributed by atoms with Crippen LogP contribution in [0.3, 0.4) is 0 Å². The molecule has 0 aromatic heterocycles. The topological polar surface area (TPSA) is 58.6 Å². The first kappa shape index (κ1) is 19.0. The molecule has 0 bridgehead atoms. The Morgan fingerprint density at radius 3 is 2.48 bits per heavy atom. The fraction of sp³-hybridized carbons (Fsp3) is 0.364. The van der Waals surface area contributed by atoms with Gasteiger partial charge in [0.05, 0.1) is 0 Å². The molecule has 2 aromatic carbocycles. The summed E-state index contributed by atoms with van der Waals surface area (Å²) in [7, 11) is 0. The lowest BCUT2D eigenvalue weighted by Gasteiger charge is -2.19. The number of aryl methyl sites for hydroxylation is 2. The summed E-state index contributed by atoms with van der Waals surface area (Å²) >= 11 is 0. The molecule has 1 aliphatic heterocycles. The highest BCUT2D eigenvalue weighted by Gasteiger charge is 2.22. The summed E-state index contributed by atoms with van der Waals surface area (Å²) in [6, 6.07) is 11.4. The Kier molecular flexibility index (Phi) is 5.49. The van der Waals surface area contributed by atoms with Gasteiger partial charge in [0.2, 0.25) is 5.91 Å².